The van der Waals surface area contributed by atoms with Crippen molar-refractivity contribution in [2.45, 2.75) is 40.2 Å². The van der Waals surface area contributed by atoms with E-state index in [2.05, 4.69) is 25.7 Å². The molecule has 0 radical (unpaired) electrons. The van der Waals surface area contributed by atoms with Gasteiger partial charge in [0, 0.05) is 6.54 Å². The normalized spacial score (nSPS) is 29.2. The summed E-state index contributed by atoms with van der Waals surface area (Å²) >= 11 is 0. The molecular formula is C10H19NO. The predicted octanol–water partition coefficient (Wildman–Crippen LogP) is 1.70. The van der Waals surface area contributed by atoms with E-state index in [1.165, 1.54) is 0 Å². The Morgan fingerprint density at radius 3 is 2.50 bits per heavy atom. The summed E-state index contributed by atoms with van der Waals surface area (Å²) < 4.78 is 0. The van der Waals surface area contributed by atoms with Crippen LogP contribution in [-0.2, 0) is 4.79 Å². The van der Waals surface area contributed by atoms with E-state index in [-0.39, 0.29) is 6.04 Å². The van der Waals surface area contributed by atoms with Gasteiger partial charge < -0.3 is 0 Å². The average molecular weight is 169 g/mol. The molecule has 1 heterocycles. The summed E-state index contributed by atoms with van der Waals surface area (Å²) in [6, 6.07) is 0.185. The zero-order valence-electron chi connectivity index (χ0n) is 8.55. The number of hydrogen-bond acceptors (Lipinski definition) is 2. The molecule has 70 valence electrons. The molecule has 0 spiro atoms. The Kier molecular flexibility index (Phi) is 2.57. The summed E-state index contributed by atoms with van der Waals surface area (Å²) in [6.07, 6.45) is 1.02. The van der Waals surface area contributed by atoms with Gasteiger partial charge in [0.1, 0.15) is 5.78 Å². The zero-order valence-corrected chi connectivity index (χ0v) is 8.55. The molecular weight excluding hydrogens is 150 g/mol. The lowest BCUT2D eigenvalue weighted by atomic mass is 9.90. The molecule has 1 unspecified atom stereocenters. The van der Waals surface area contributed by atoms with Crippen LogP contribution in [0.15, 0.2) is 0 Å². The van der Waals surface area contributed by atoms with Crippen LogP contribution in [0.25, 0.3) is 0 Å². The molecule has 0 aromatic carbocycles. The van der Waals surface area contributed by atoms with Gasteiger partial charge in [-0.25, -0.2) is 0 Å². The van der Waals surface area contributed by atoms with E-state index in [1.807, 2.05) is 0 Å². The molecule has 0 aromatic heterocycles. The van der Waals surface area contributed by atoms with Crippen molar-refractivity contribution in [1.82, 2.24) is 4.90 Å². The Morgan fingerprint density at radius 1 is 1.58 bits per heavy atom. The number of likely N-dealkylation sites (tertiary alicyclic amines) is 1. The molecule has 2 heteroatoms. The maximum Gasteiger partial charge on any atom is 0.146 e. The molecule has 0 saturated carbocycles. The van der Waals surface area contributed by atoms with Gasteiger partial charge in [0.2, 0.25) is 0 Å². The van der Waals surface area contributed by atoms with Crippen molar-refractivity contribution in [1.29, 1.82) is 0 Å². The first kappa shape index (κ1) is 9.72. The summed E-state index contributed by atoms with van der Waals surface area (Å²) in [7, 11) is 0. The van der Waals surface area contributed by atoms with Crippen LogP contribution < -0.4 is 0 Å². The van der Waals surface area contributed by atoms with Crippen LogP contribution in [0, 0.1) is 5.41 Å². The van der Waals surface area contributed by atoms with Gasteiger partial charge in [0.25, 0.3) is 0 Å². The van der Waals surface area contributed by atoms with Crippen molar-refractivity contribution >= 4 is 5.78 Å². The van der Waals surface area contributed by atoms with Crippen molar-refractivity contribution < 1.29 is 4.79 Å². The zero-order chi connectivity index (χ0) is 9.35. The lowest BCUT2D eigenvalue weighted by Crippen LogP contribution is -2.34. The van der Waals surface area contributed by atoms with Crippen LogP contribution in [0.5, 0.6) is 0 Å². The molecule has 0 N–H and O–H groups in total. The Labute approximate surface area is 74.9 Å². The van der Waals surface area contributed by atoms with Gasteiger partial charge in [-0.1, -0.05) is 20.8 Å². The summed E-state index contributed by atoms with van der Waals surface area (Å²) in [4.78, 5) is 13.5. The molecule has 2 nitrogen and oxygen atoms in total. The minimum Gasteiger partial charge on any atom is -0.298 e. The molecule has 0 amide bonds. The predicted molar refractivity (Wildman–Crippen MR) is 50.1 cm³/mol. The minimum absolute atomic E-state index is 0.185. The second-order valence-electron chi connectivity index (χ2n) is 4.56. The molecule has 1 aliphatic heterocycles. The SMILES string of the molecule is CCN1CC(C)(C)CC1C(C)=O. The number of carbonyl (C=O) groups excluding carboxylic acids is 1. The highest BCUT2D eigenvalue weighted by Crippen LogP contribution is 2.33. The van der Waals surface area contributed by atoms with E-state index < -0.39 is 0 Å². The topological polar surface area (TPSA) is 20.3 Å². The number of nitrogens with zero attached hydrogens (tertiary/aromatic N) is 1. The number of ketones is 1. The third-order valence-corrected chi connectivity index (χ3v) is 2.69. The summed E-state index contributed by atoms with van der Waals surface area (Å²) in [6.45, 7) is 10.4. The second kappa shape index (κ2) is 3.17. The van der Waals surface area contributed by atoms with Gasteiger partial charge in [-0.2, -0.15) is 0 Å². The van der Waals surface area contributed by atoms with E-state index in [4.69, 9.17) is 0 Å². The lowest BCUT2D eigenvalue weighted by molar-refractivity contribution is -0.121. The standard InChI is InChI=1S/C10H19NO/c1-5-11-7-10(3,4)6-9(11)8(2)12/h9H,5-7H2,1-4H3. The van der Waals surface area contributed by atoms with Crippen LogP contribution >= 0.6 is 0 Å². The Bertz CT molecular complexity index is 186. The summed E-state index contributed by atoms with van der Waals surface area (Å²) in [5, 5.41) is 0. The highest BCUT2D eigenvalue weighted by molar-refractivity contribution is 5.81. The average Bonchev–Trinajstić information content (AvgIpc) is 2.25. The molecule has 0 bridgehead atoms. The van der Waals surface area contributed by atoms with Crippen LogP contribution in [0.2, 0.25) is 0 Å². The van der Waals surface area contributed by atoms with Crippen LogP contribution in [-0.4, -0.2) is 29.8 Å². The van der Waals surface area contributed by atoms with Gasteiger partial charge >= 0.3 is 0 Å². The fourth-order valence-corrected chi connectivity index (χ4v) is 2.11. The first-order valence-corrected chi connectivity index (χ1v) is 4.71. The molecule has 1 aliphatic rings. The van der Waals surface area contributed by atoms with Crippen molar-refractivity contribution in [3.8, 4) is 0 Å². The molecule has 1 saturated heterocycles. The second-order valence-corrected chi connectivity index (χ2v) is 4.56. The number of likely N-dealkylation sites (N-methyl/N-ethyl adjacent to an activating group) is 1. The highest BCUT2D eigenvalue weighted by Gasteiger charge is 2.38. The minimum atomic E-state index is 0.185. The van der Waals surface area contributed by atoms with Crippen molar-refractivity contribution in [3.05, 3.63) is 0 Å². The molecule has 12 heavy (non-hydrogen) atoms. The van der Waals surface area contributed by atoms with Crippen LogP contribution in [0.1, 0.15) is 34.1 Å². The summed E-state index contributed by atoms with van der Waals surface area (Å²) in [5.41, 5.74) is 0.326. The number of carbonyl (C=O) groups is 1. The maximum atomic E-state index is 11.3. The van der Waals surface area contributed by atoms with Gasteiger partial charge in [-0.3, -0.25) is 9.69 Å². The molecule has 0 aliphatic carbocycles. The van der Waals surface area contributed by atoms with Crippen molar-refractivity contribution in [2.75, 3.05) is 13.1 Å². The van der Waals surface area contributed by atoms with Crippen LogP contribution in [0.4, 0.5) is 0 Å². The smallest absolute Gasteiger partial charge is 0.146 e. The lowest BCUT2D eigenvalue weighted by Gasteiger charge is -2.20. The third kappa shape index (κ3) is 1.86. The molecule has 1 atom stereocenters. The number of rotatable bonds is 2. The van der Waals surface area contributed by atoms with E-state index >= 15 is 0 Å². The first-order chi connectivity index (χ1) is 5.46. The molecule has 0 aromatic rings. The van der Waals surface area contributed by atoms with E-state index in [0.717, 1.165) is 19.5 Å². The van der Waals surface area contributed by atoms with Gasteiger partial charge in [-0.15, -0.1) is 0 Å². The fraction of sp³-hybridized carbons (Fsp3) is 0.900. The Hall–Kier alpha value is -0.370. The van der Waals surface area contributed by atoms with Crippen LogP contribution in [0.3, 0.4) is 0 Å². The van der Waals surface area contributed by atoms with Crippen molar-refractivity contribution in [3.63, 3.8) is 0 Å². The number of Topliss-reactive ketones (excluding diaryl/α,β-unsaturated/α-hetero) is 1. The van der Waals surface area contributed by atoms with E-state index in [0.29, 0.717) is 11.2 Å². The Morgan fingerprint density at radius 2 is 2.17 bits per heavy atom. The maximum absolute atomic E-state index is 11.3. The monoisotopic (exact) mass is 169 g/mol. The largest absolute Gasteiger partial charge is 0.298 e. The molecule has 1 fully saturated rings. The van der Waals surface area contributed by atoms with E-state index in [9.17, 15) is 4.79 Å². The van der Waals surface area contributed by atoms with Crippen molar-refractivity contribution in [2.24, 2.45) is 5.41 Å². The van der Waals surface area contributed by atoms with E-state index in [1.54, 1.807) is 6.92 Å². The third-order valence-electron chi connectivity index (χ3n) is 2.69. The fourth-order valence-electron chi connectivity index (χ4n) is 2.11. The first-order valence-electron chi connectivity index (χ1n) is 4.71. The Balaban J connectivity index is 2.69. The number of hydrogen-bond donors (Lipinski definition) is 0. The van der Waals surface area contributed by atoms with Gasteiger partial charge in [0.15, 0.2) is 0 Å². The van der Waals surface area contributed by atoms with Gasteiger partial charge in [0.05, 0.1) is 6.04 Å². The molecule has 1 rings (SSSR count). The quantitative estimate of drug-likeness (QED) is 0.627. The van der Waals surface area contributed by atoms with Gasteiger partial charge in [-0.05, 0) is 25.3 Å². The summed E-state index contributed by atoms with van der Waals surface area (Å²) in [5.74, 6) is 0.322. The highest BCUT2D eigenvalue weighted by atomic mass is 16.1.